The number of likely N-dealkylation sites (tertiary alicyclic amines) is 1. The van der Waals surface area contributed by atoms with Gasteiger partial charge in [-0.2, -0.15) is 0 Å². The van der Waals surface area contributed by atoms with Gasteiger partial charge < -0.3 is 35.6 Å². The van der Waals surface area contributed by atoms with Crippen LogP contribution in [0.25, 0.3) is 0 Å². The fourth-order valence-corrected chi connectivity index (χ4v) is 10.8. The Morgan fingerprint density at radius 3 is 2.40 bits per heavy atom. The third-order valence-corrected chi connectivity index (χ3v) is 14.8. The maximum absolute atomic E-state index is 13.4. The molecule has 5 aliphatic rings. The SMILES string of the molecule is CN(Cc1ccc2c(c1)CN(C1CCC(=O)NC1=O)C2=O)C(=O)c1cnc(N2CCC3(CN(CCCCCCC(=O)Nc4cccc(Sc5cnc(N6CCC(C)(N)CC6)cn5)c4)C3)C2)cn1. The van der Waals surface area contributed by atoms with E-state index in [-0.39, 0.29) is 53.2 Å². The average Bonchev–Trinajstić information content (AvgIpc) is 3.89. The van der Waals surface area contributed by atoms with Crippen LogP contribution >= 0.6 is 11.8 Å². The van der Waals surface area contributed by atoms with Crippen molar-refractivity contribution in [3.63, 3.8) is 0 Å². The van der Waals surface area contributed by atoms with Crippen LogP contribution in [0, 0.1) is 5.41 Å². The Balaban J connectivity index is 0.645. The minimum absolute atomic E-state index is 0.0326. The van der Waals surface area contributed by atoms with Gasteiger partial charge in [-0.25, -0.2) is 19.9 Å². The van der Waals surface area contributed by atoms with E-state index in [1.807, 2.05) is 48.8 Å². The van der Waals surface area contributed by atoms with E-state index in [0.717, 1.165) is 129 Å². The Morgan fingerprint density at radius 2 is 1.64 bits per heavy atom. The minimum atomic E-state index is -0.674. The molecule has 5 aliphatic heterocycles. The smallest absolute Gasteiger partial charge is 0.274 e. The quantitative estimate of drug-likeness (QED) is 0.101. The van der Waals surface area contributed by atoms with Gasteiger partial charge in [0.05, 0.1) is 24.8 Å². The molecule has 2 aromatic heterocycles. The zero-order chi connectivity index (χ0) is 46.7. The van der Waals surface area contributed by atoms with Crippen LogP contribution in [0.5, 0.6) is 0 Å². The Kier molecular flexibility index (Phi) is 13.6. The second kappa shape index (κ2) is 19.7. The number of hydrogen-bond donors (Lipinski definition) is 3. The van der Waals surface area contributed by atoms with E-state index in [1.54, 1.807) is 30.4 Å². The molecule has 4 aromatic rings. The highest BCUT2D eigenvalue weighted by atomic mass is 32.2. The summed E-state index contributed by atoms with van der Waals surface area (Å²) in [6, 6.07) is 12.7. The lowest BCUT2D eigenvalue weighted by Crippen LogP contribution is -2.57. The van der Waals surface area contributed by atoms with Crippen LogP contribution in [0.15, 0.2) is 77.2 Å². The maximum atomic E-state index is 13.4. The average molecular weight is 929 g/mol. The van der Waals surface area contributed by atoms with E-state index in [1.165, 1.54) is 16.7 Å². The van der Waals surface area contributed by atoms with Crippen molar-refractivity contribution in [3.8, 4) is 0 Å². The number of carbonyl (C=O) groups excluding carboxylic acids is 5. The van der Waals surface area contributed by atoms with Gasteiger partial charge in [-0.15, -0.1) is 0 Å². The number of aromatic nitrogens is 4. The molecule has 0 bridgehead atoms. The zero-order valence-electron chi connectivity index (χ0n) is 38.4. The van der Waals surface area contributed by atoms with Crippen LogP contribution in [0.3, 0.4) is 0 Å². The van der Waals surface area contributed by atoms with Gasteiger partial charge in [0.1, 0.15) is 28.4 Å². The predicted octanol–water partition coefficient (Wildman–Crippen LogP) is 4.87. The van der Waals surface area contributed by atoms with E-state index in [2.05, 4.69) is 52.2 Å². The zero-order valence-corrected chi connectivity index (χ0v) is 39.2. The van der Waals surface area contributed by atoms with Crippen molar-refractivity contribution in [1.82, 2.24) is 40.0 Å². The molecule has 1 atom stereocenters. The summed E-state index contributed by atoms with van der Waals surface area (Å²) in [6.45, 7) is 9.46. The number of hydrogen-bond acceptors (Lipinski definition) is 14. The lowest BCUT2D eigenvalue weighted by molar-refractivity contribution is -0.137. The highest BCUT2D eigenvalue weighted by Crippen LogP contribution is 2.41. The molecule has 352 valence electrons. The van der Waals surface area contributed by atoms with Crippen molar-refractivity contribution in [1.29, 1.82) is 0 Å². The highest BCUT2D eigenvalue weighted by molar-refractivity contribution is 7.99. The number of nitrogens with zero attached hydrogens (tertiary/aromatic N) is 9. The topological polar surface area (TPSA) is 203 Å². The Bertz CT molecular complexity index is 2490. The van der Waals surface area contributed by atoms with Crippen LogP contribution in [0.2, 0.25) is 0 Å². The molecular formula is C49H60N12O5S. The number of piperidine rings is 2. The molecule has 1 spiro atoms. The molecule has 5 amide bonds. The van der Waals surface area contributed by atoms with Crippen molar-refractivity contribution in [2.45, 2.75) is 106 Å². The van der Waals surface area contributed by atoms with Gasteiger partial charge in [0.2, 0.25) is 17.7 Å². The van der Waals surface area contributed by atoms with Crippen LogP contribution < -0.4 is 26.2 Å². The number of nitrogens with two attached hydrogens (primary N) is 1. The molecule has 0 saturated carbocycles. The van der Waals surface area contributed by atoms with Crippen LogP contribution in [-0.2, 0) is 27.5 Å². The molecule has 4 N–H and O–H groups in total. The number of nitrogens with one attached hydrogen (secondary N) is 2. The molecule has 4 fully saturated rings. The highest BCUT2D eigenvalue weighted by Gasteiger charge is 2.47. The van der Waals surface area contributed by atoms with Crippen LogP contribution in [0.1, 0.15) is 103 Å². The number of anilines is 3. The fraction of sp³-hybridized carbons (Fsp3) is 0.490. The number of amides is 5. The standard InChI is InChI=1S/C49H60N12O5S/c1-48(50)15-19-59(20-16-48)40-26-54-44(27-53-40)67-36-9-7-8-35(23-36)55-42(62)10-5-3-4-6-18-58-30-49(31-58)17-21-60(32-49)41-25-51-38(24-52-41)47(66)57(2)28-33-11-12-37-34(22-33)29-61(46(37)65)39-13-14-43(63)56-45(39)64/h7-9,11-12,22-27,39H,3-6,10,13-21,28-32,50H2,1-2H3,(H,55,62)(H,56,63,64). The van der Waals surface area contributed by atoms with Crippen molar-refractivity contribution < 1.29 is 24.0 Å². The summed E-state index contributed by atoms with van der Waals surface area (Å²) in [7, 11) is 1.71. The molecular weight excluding hydrogens is 869 g/mol. The number of unbranched alkanes of at least 4 members (excludes halogenated alkanes) is 3. The lowest BCUT2D eigenvalue weighted by Gasteiger charge is -2.48. The fourth-order valence-electron chi connectivity index (χ4n) is 10.0. The normalized spacial score (nSPS) is 19.9. The first kappa shape index (κ1) is 46.1. The summed E-state index contributed by atoms with van der Waals surface area (Å²) < 4.78 is 0. The van der Waals surface area contributed by atoms with Gasteiger partial charge in [-0.1, -0.05) is 42.8 Å². The van der Waals surface area contributed by atoms with E-state index in [4.69, 9.17) is 5.73 Å². The summed E-state index contributed by atoms with van der Waals surface area (Å²) in [6.07, 6.45) is 14.9. The summed E-state index contributed by atoms with van der Waals surface area (Å²) in [5, 5.41) is 6.21. The summed E-state index contributed by atoms with van der Waals surface area (Å²) in [4.78, 5) is 92.9. The van der Waals surface area contributed by atoms with Crippen LogP contribution in [-0.4, -0.2) is 129 Å². The summed E-state index contributed by atoms with van der Waals surface area (Å²) >= 11 is 1.53. The monoisotopic (exact) mass is 928 g/mol. The second-order valence-corrected chi connectivity index (χ2v) is 20.5. The Hall–Kier alpha value is -5.98. The molecule has 17 nitrogen and oxygen atoms in total. The van der Waals surface area contributed by atoms with Crippen molar-refractivity contribution in [2.24, 2.45) is 11.1 Å². The number of carbonyl (C=O) groups is 5. The van der Waals surface area contributed by atoms with Gasteiger partial charge >= 0.3 is 0 Å². The lowest BCUT2D eigenvalue weighted by atomic mass is 9.79. The molecule has 67 heavy (non-hydrogen) atoms. The van der Waals surface area contributed by atoms with E-state index >= 15 is 0 Å². The molecule has 18 heteroatoms. The van der Waals surface area contributed by atoms with Crippen molar-refractivity contribution in [2.75, 3.05) is 68.0 Å². The largest absolute Gasteiger partial charge is 0.355 e. The Morgan fingerprint density at radius 1 is 0.881 bits per heavy atom. The molecule has 0 aliphatic carbocycles. The molecule has 7 heterocycles. The van der Waals surface area contributed by atoms with Crippen LogP contribution in [0.4, 0.5) is 17.3 Å². The molecule has 1 unspecified atom stereocenters. The minimum Gasteiger partial charge on any atom is -0.355 e. The molecule has 2 aromatic carbocycles. The number of fused-ring (bicyclic) bond motifs is 1. The Labute approximate surface area is 395 Å². The molecule has 9 rings (SSSR count). The van der Waals surface area contributed by atoms with Crippen molar-refractivity contribution in [3.05, 3.63) is 89.6 Å². The van der Waals surface area contributed by atoms with Gasteiger partial charge in [0.15, 0.2) is 0 Å². The summed E-state index contributed by atoms with van der Waals surface area (Å²) in [5.41, 5.74) is 9.66. The van der Waals surface area contributed by atoms with Gasteiger partial charge in [0.25, 0.3) is 11.8 Å². The number of rotatable bonds is 16. The van der Waals surface area contributed by atoms with Gasteiger partial charge in [0, 0.05) is 99.3 Å². The summed E-state index contributed by atoms with van der Waals surface area (Å²) in [5.74, 6) is 0.445. The molecule has 0 radical (unpaired) electrons. The van der Waals surface area contributed by atoms with Gasteiger partial charge in [-0.05, 0) is 87.4 Å². The first-order chi connectivity index (χ1) is 32.3. The number of imide groups is 1. The number of benzene rings is 2. The van der Waals surface area contributed by atoms with E-state index < -0.39 is 11.9 Å². The third-order valence-electron chi connectivity index (χ3n) is 13.9. The van der Waals surface area contributed by atoms with E-state index in [0.29, 0.717) is 24.9 Å². The van der Waals surface area contributed by atoms with E-state index in [9.17, 15) is 24.0 Å². The second-order valence-electron chi connectivity index (χ2n) is 19.4. The predicted molar refractivity (Wildman–Crippen MR) is 254 cm³/mol. The third kappa shape index (κ3) is 10.9. The van der Waals surface area contributed by atoms with Gasteiger partial charge in [-0.3, -0.25) is 29.3 Å². The maximum Gasteiger partial charge on any atom is 0.274 e. The first-order valence-electron chi connectivity index (χ1n) is 23.5. The first-order valence-corrected chi connectivity index (χ1v) is 24.4. The molecule has 4 saturated heterocycles. The van der Waals surface area contributed by atoms with Crippen molar-refractivity contribution >= 4 is 58.6 Å².